The van der Waals surface area contributed by atoms with E-state index < -0.39 is 6.10 Å². The molecule has 0 bridgehead atoms. The molecule has 1 aliphatic rings. The van der Waals surface area contributed by atoms with Crippen molar-refractivity contribution in [3.8, 4) is 0 Å². The predicted molar refractivity (Wildman–Crippen MR) is 109 cm³/mol. The quantitative estimate of drug-likeness (QED) is 0.715. The summed E-state index contributed by atoms with van der Waals surface area (Å²) in [7, 11) is 1.88. The van der Waals surface area contributed by atoms with Crippen molar-refractivity contribution in [3.05, 3.63) is 71.1 Å². The van der Waals surface area contributed by atoms with Crippen LogP contribution in [0, 0.1) is 5.92 Å². The molecule has 28 heavy (non-hydrogen) atoms. The Bertz CT molecular complexity index is 925. The smallest absolute Gasteiger partial charge is 0.155 e. The number of fused-ring (bicyclic) bond motifs is 1. The zero-order valence-corrected chi connectivity index (χ0v) is 16.9. The maximum Gasteiger partial charge on any atom is 0.155 e. The third-order valence-electron chi connectivity index (χ3n) is 5.35. The number of rotatable bonds is 6. The second-order valence-corrected chi connectivity index (χ2v) is 8.21. The summed E-state index contributed by atoms with van der Waals surface area (Å²) in [6.45, 7) is 8.08. The van der Waals surface area contributed by atoms with Gasteiger partial charge in [0.2, 0.25) is 0 Å². The minimum atomic E-state index is -0.792. The lowest BCUT2D eigenvalue weighted by atomic mass is 10.0. The monoisotopic (exact) mass is 379 g/mol. The van der Waals surface area contributed by atoms with Gasteiger partial charge >= 0.3 is 0 Å². The molecule has 0 saturated heterocycles. The van der Waals surface area contributed by atoms with E-state index in [-0.39, 0.29) is 0 Å². The molecule has 0 fully saturated rings. The van der Waals surface area contributed by atoms with Crippen LogP contribution >= 0.6 is 0 Å². The summed E-state index contributed by atoms with van der Waals surface area (Å²) in [5, 5.41) is 15.2. The fraction of sp³-hybridized carbons (Fsp3) is 0.455. The normalized spacial score (nSPS) is 15.8. The number of hydrogen-bond acceptors (Lipinski definition) is 4. The van der Waals surface area contributed by atoms with Crippen LogP contribution in [0.5, 0.6) is 0 Å². The molecule has 1 aromatic carbocycles. The van der Waals surface area contributed by atoms with E-state index in [1.165, 1.54) is 11.1 Å². The number of imidazole rings is 1. The number of benzene rings is 1. The summed E-state index contributed by atoms with van der Waals surface area (Å²) in [4.78, 5) is 6.68. The van der Waals surface area contributed by atoms with Crippen molar-refractivity contribution in [2.24, 2.45) is 13.0 Å². The third kappa shape index (κ3) is 4.03. The van der Waals surface area contributed by atoms with Crippen LogP contribution in [0.4, 0.5) is 0 Å². The fourth-order valence-corrected chi connectivity index (χ4v) is 3.89. The van der Waals surface area contributed by atoms with Crippen molar-refractivity contribution in [1.29, 1.82) is 0 Å². The number of aryl methyl sites for hydroxylation is 1. The van der Waals surface area contributed by atoms with Crippen LogP contribution in [-0.2, 0) is 33.1 Å². The summed E-state index contributed by atoms with van der Waals surface area (Å²) in [5.74, 6) is 1.30. The minimum absolute atomic E-state index is 0.619. The molecule has 148 valence electrons. The Balaban J connectivity index is 1.42. The summed E-state index contributed by atoms with van der Waals surface area (Å²) in [6.07, 6.45) is 3.87. The Labute approximate surface area is 166 Å². The summed E-state index contributed by atoms with van der Waals surface area (Å²) < 4.78 is 3.85. The molecule has 3 aromatic rings. The van der Waals surface area contributed by atoms with E-state index >= 15 is 0 Å². The maximum atomic E-state index is 10.6. The van der Waals surface area contributed by atoms with Gasteiger partial charge < -0.3 is 9.67 Å². The van der Waals surface area contributed by atoms with Gasteiger partial charge in [0.15, 0.2) is 6.10 Å². The van der Waals surface area contributed by atoms with E-state index in [1.807, 2.05) is 28.6 Å². The molecule has 0 spiro atoms. The lowest BCUT2D eigenvalue weighted by Crippen LogP contribution is -2.33. The van der Waals surface area contributed by atoms with Crippen LogP contribution in [0.15, 0.2) is 42.7 Å². The first-order chi connectivity index (χ1) is 13.5. The summed E-state index contributed by atoms with van der Waals surface area (Å²) in [6, 6.07) is 11.0. The molecule has 0 amide bonds. The molecule has 6 heteroatoms. The minimum Gasteiger partial charge on any atom is -0.379 e. The van der Waals surface area contributed by atoms with Crippen LogP contribution in [0.3, 0.4) is 0 Å². The second-order valence-electron chi connectivity index (χ2n) is 8.21. The van der Waals surface area contributed by atoms with Crippen molar-refractivity contribution in [1.82, 2.24) is 24.2 Å². The third-order valence-corrected chi connectivity index (χ3v) is 5.35. The number of nitrogens with zero attached hydrogens (tertiary/aromatic N) is 5. The fourth-order valence-electron chi connectivity index (χ4n) is 3.89. The van der Waals surface area contributed by atoms with Crippen molar-refractivity contribution in [2.45, 2.75) is 46.0 Å². The Morgan fingerprint density at radius 3 is 2.54 bits per heavy atom. The Morgan fingerprint density at radius 2 is 1.86 bits per heavy atom. The first-order valence-electron chi connectivity index (χ1n) is 10.0. The molecular formula is C22H29N5O. The van der Waals surface area contributed by atoms with Gasteiger partial charge in [-0.3, -0.25) is 9.58 Å². The van der Waals surface area contributed by atoms with Crippen molar-refractivity contribution in [2.75, 3.05) is 6.54 Å². The molecule has 2 aromatic heterocycles. The second kappa shape index (κ2) is 7.89. The van der Waals surface area contributed by atoms with E-state index in [2.05, 4.69) is 53.1 Å². The van der Waals surface area contributed by atoms with Crippen LogP contribution in [0.25, 0.3) is 0 Å². The van der Waals surface area contributed by atoms with Crippen molar-refractivity contribution in [3.63, 3.8) is 0 Å². The molecule has 1 aliphatic heterocycles. The average molecular weight is 380 g/mol. The molecule has 1 atom stereocenters. The average Bonchev–Trinajstić information content (AvgIpc) is 3.28. The Kier molecular flexibility index (Phi) is 5.33. The number of aliphatic hydroxyl groups is 1. The number of aliphatic hydroxyl groups excluding tert-OH is 1. The molecule has 0 aliphatic carbocycles. The van der Waals surface area contributed by atoms with Gasteiger partial charge in [-0.1, -0.05) is 38.1 Å². The first-order valence-corrected chi connectivity index (χ1v) is 10.0. The van der Waals surface area contributed by atoms with Gasteiger partial charge in [0, 0.05) is 39.1 Å². The maximum absolute atomic E-state index is 10.6. The highest BCUT2D eigenvalue weighted by molar-refractivity contribution is 5.24. The molecule has 0 radical (unpaired) electrons. The molecule has 6 nitrogen and oxygen atoms in total. The van der Waals surface area contributed by atoms with Crippen LogP contribution in [-0.4, -0.2) is 35.9 Å². The van der Waals surface area contributed by atoms with Gasteiger partial charge in [-0.2, -0.15) is 5.10 Å². The topological polar surface area (TPSA) is 59.1 Å². The van der Waals surface area contributed by atoms with Crippen molar-refractivity contribution >= 4 is 0 Å². The summed E-state index contributed by atoms with van der Waals surface area (Å²) in [5.41, 5.74) is 4.56. The van der Waals surface area contributed by atoms with Gasteiger partial charge in [-0.15, -0.1) is 0 Å². The van der Waals surface area contributed by atoms with Gasteiger partial charge in [-0.25, -0.2) is 4.98 Å². The Hall–Kier alpha value is -2.44. The molecule has 0 saturated carbocycles. The molecule has 1 N–H and O–H groups in total. The molecule has 1 unspecified atom stereocenters. The van der Waals surface area contributed by atoms with Crippen LogP contribution < -0.4 is 0 Å². The highest BCUT2D eigenvalue weighted by Crippen LogP contribution is 2.23. The van der Waals surface area contributed by atoms with E-state index in [0.29, 0.717) is 17.4 Å². The van der Waals surface area contributed by atoms with E-state index in [9.17, 15) is 5.11 Å². The van der Waals surface area contributed by atoms with Gasteiger partial charge in [0.25, 0.3) is 0 Å². The Morgan fingerprint density at radius 1 is 1.11 bits per heavy atom. The van der Waals surface area contributed by atoms with E-state index in [4.69, 9.17) is 0 Å². The first kappa shape index (κ1) is 18.9. The SMILES string of the molecule is CC(C)Cc1ccc(CN2CCn3nc(C(O)c4nccn4C)cc3C2)cc1. The van der Waals surface area contributed by atoms with E-state index in [0.717, 1.165) is 38.3 Å². The zero-order valence-electron chi connectivity index (χ0n) is 16.9. The predicted octanol–water partition coefficient (Wildman–Crippen LogP) is 2.91. The lowest BCUT2D eigenvalue weighted by molar-refractivity contribution is 0.194. The number of hydrogen-bond donors (Lipinski definition) is 1. The standard InChI is InChI=1S/C22H29N5O/c1-16(2)12-17-4-6-18(7-5-17)14-26-10-11-27-19(15-26)13-20(24-27)21(28)22-23-8-9-25(22)3/h4-9,13,16,21,28H,10-12,14-15H2,1-3H3. The molecule has 4 rings (SSSR count). The highest BCUT2D eigenvalue weighted by Gasteiger charge is 2.23. The van der Waals surface area contributed by atoms with Gasteiger partial charge in [0.1, 0.15) is 5.82 Å². The van der Waals surface area contributed by atoms with Crippen molar-refractivity contribution < 1.29 is 5.11 Å². The highest BCUT2D eigenvalue weighted by atomic mass is 16.3. The summed E-state index contributed by atoms with van der Waals surface area (Å²) >= 11 is 0. The van der Waals surface area contributed by atoms with Crippen LogP contribution in [0.2, 0.25) is 0 Å². The van der Waals surface area contributed by atoms with Crippen LogP contribution in [0.1, 0.15) is 48.3 Å². The molecule has 3 heterocycles. The van der Waals surface area contributed by atoms with Gasteiger partial charge in [-0.05, 0) is 29.5 Å². The lowest BCUT2D eigenvalue weighted by Gasteiger charge is -2.27. The van der Waals surface area contributed by atoms with Gasteiger partial charge in [0.05, 0.1) is 17.9 Å². The largest absolute Gasteiger partial charge is 0.379 e. The number of aromatic nitrogens is 4. The van der Waals surface area contributed by atoms with E-state index in [1.54, 1.807) is 6.20 Å². The zero-order chi connectivity index (χ0) is 19.7. The molecular weight excluding hydrogens is 350 g/mol.